The molecule has 182 valence electrons. The number of nitrogens with zero attached hydrogens (tertiary/aromatic N) is 7. The fraction of sp³-hybridized carbons (Fsp3) is 0.318. The third-order valence-corrected chi connectivity index (χ3v) is 7.33. The van der Waals surface area contributed by atoms with Crippen molar-refractivity contribution in [2.75, 3.05) is 33.3 Å². The number of sulfonamides is 1. The molecule has 0 unspecified atom stereocenters. The van der Waals surface area contributed by atoms with E-state index in [0.717, 1.165) is 36.4 Å². The maximum absolute atomic E-state index is 13.3. The van der Waals surface area contributed by atoms with Gasteiger partial charge < -0.3 is 4.74 Å². The van der Waals surface area contributed by atoms with Crippen molar-refractivity contribution in [1.82, 2.24) is 18.9 Å². The Hall–Kier alpha value is -4.02. The van der Waals surface area contributed by atoms with Crippen LogP contribution in [0.5, 0.6) is 5.75 Å². The summed E-state index contributed by atoms with van der Waals surface area (Å²) >= 11 is 0. The summed E-state index contributed by atoms with van der Waals surface area (Å²) in [5.74, 6) is 0.0199. The highest BCUT2D eigenvalue weighted by Crippen LogP contribution is 2.30. The first-order valence-electron chi connectivity index (χ1n) is 10.8. The zero-order valence-electron chi connectivity index (χ0n) is 18.9. The van der Waals surface area contributed by atoms with Crippen molar-refractivity contribution in [3.63, 3.8) is 0 Å². The number of hydrogen-bond donors (Lipinski definition) is 0. The molecule has 0 radical (unpaired) electrons. The van der Waals surface area contributed by atoms with Crippen LogP contribution >= 0.6 is 0 Å². The van der Waals surface area contributed by atoms with Crippen LogP contribution in [-0.2, 0) is 10.0 Å². The molecule has 0 aliphatic carbocycles. The lowest BCUT2D eigenvalue weighted by atomic mass is 10.2. The molecule has 12 nitrogen and oxygen atoms in total. The van der Waals surface area contributed by atoms with Gasteiger partial charge in [0.15, 0.2) is 0 Å². The lowest BCUT2D eigenvalue weighted by Gasteiger charge is -2.18. The van der Waals surface area contributed by atoms with E-state index in [1.54, 1.807) is 18.3 Å². The Labute approximate surface area is 201 Å². The Morgan fingerprint density at radius 1 is 1.31 bits per heavy atom. The van der Waals surface area contributed by atoms with Gasteiger partial charge in [-0.25, -0.2) is 4.52 Å². The molecular formula is C22H23N7O5S. The van der Waals surface area contributed by atoms with E-state index < -0.39 is 14.9 Å². The van der Waals surface area contributed by atoms with Crippen LogP contribution in [0.25, 0.3) is 5.52 Å². The van der Waals surface area contributed by atoms with Gasteiger partial charge in [-0.3, -0.25) is 15.0 Å². The number of non-ortho nitro benzene ring substituents is 1. The van der Waals surface area contributed by atoms with E-state index in [1.807, 2.05) is 6.07 Å². The van der Waals surface area contributed by atoms with Crippen LogP contribution in [0, 0.1) is 21.4 Å². The van der Waals surface area contributed by atoms with Crippen LogP contribution in [0.1, 0.15) is 24.0 Å². The first-order chi connectivity index (χ1) is 16.8. The summed E-state index contributed by atoms with van der Waals surface area (Å²) in [6.07, 6.45) is 6.63. The Bertz CT molecular complexity index is 1420. The van der Waals surface area contributed by atoms with Crippen molar-refractivity contribution in [2.45, 2.75) is 17.7 Å². The number of nitro benzene ring substituents is 1. The summed E-state index contributed by atoms with van der Waals surface area (Å²) in [6.45, 7) is 2.80. The van der Waals surface area contributed by atoms with Gasteiger partial charge in [0, 0.05) is 37.5 Å². The Morgan fingerprint density at radius 2 is 2.09 bits per heavy atom. The van der Waals surface area contributed by atoms with Crippen molar-refractivity contribution < 1.29 is 18.1 Å². The number of hydrogen-bond acceptors (Lipinski definition) is 9. The molecule has 2 aromatic heterocycles. The van der Waals surface area contributed by atoms with Gasteiger partial charge in [-0.1, -0.05) is 0 Å². The molecular weight excluding hydrogens is 474 g/mol. The highest BCUT2D eigenvalue weighted by atomic mass is 32.2. The van der Waals surface area contributed by atoms with E-state index in [1.165, 1.54) is 36.1 Å². The number of pyridine rings is 1. The number of aromatic nitrogens is 2. The van der Waals surface area contributed by atoms with Crippen molar-refractivity contribution in [3.8, 4) is 11.8 Å². The van der Waals surface area contributed by atoms with Crippen LogP contribution in [0.15, 0.2) is 52.7 Å². The van der Waals surface area contributed by atoms with Crippen molar-refractivity contribution in [3.05, 3.63) is 64.0 Å². The summed E-state index contributed by atoms with van der Waals surface area (Å²) in [5.41, 5.74) is 1.10. The predicted molar refractivity (Wildman–Crippen MR) is 127 cm³/mol. The Morgan fingerprint density at radius 3 is 2.80 bits per heavy atom. The van der Waals surface area contributed by atoms with Gasteiger partial charge >= 0.3 is 0 Å². The molecule has 0 saturated carbocycles. The first kappa shape index (κ1) is 24.1. The molecule has 1 aliphatic heterocycles. The highest BCUT2D eigenvalue weighted by molar-refractivity contribution is 7.89. The van der Waals surface area contributed by atoms with Crippen LogP contribution in [0.4, 0.5) is 5.69 Å². The normalized spacial score (nSPS) is 14.4. The molecule has 0 atom stereocenters. The lowest BCUT2D eigenvalue weighted by molar-refractivity contribution is -0.385. The maximum Gasteiger partial charge on any atom is 0.282 e. The Kier molecular flexibility index (Phi) is 6.94. The predicted octanol–water partition coefficient (Wildman–Crippen LogP) is 2.24. The van der Waals surface area contributed by atoms with Gasteiger partial charge in [-0.15, -0.1) is 0 Å². The van der Waals surface area contributed by atoms with E-state index in [4.69, 9.17) is 10.00 Å². The molecule has 4 rings (SSSR count). The highest BCUT2D eigenvalue weighted by Gasteiger charge is 2.27. The SMILES string of the molecule is CN(/N=C\c1cnn2ccc(C#N)cc12)S(=O)(=O)c1cc([N+](=O)[O-])ccc1OCCN1CCCC1. The second-order valence-electron chi connectivity index (χ2n) is 7.93. The van der Waals surface area contributed by atoms with Gasteiger partial charge in [0.25, 0.3) is 15.7 Å². The summed E-state index contributed by atoms with van der Waals surface area (Å²) < 4.78 is 34.6. The number of rotatable bonds is 9. The standard InChI is InChI=1S/C22H23N7O5S/c1-26(24-15-18-16-25-28-9-6-17(14-23)12-20(18)28)35(32,33)22-13-19(29(30)31)4-5-21(22)34-11-10-27-7-2-3-8-27/h4-6,9,12-13,15-16H,2-3,7-8,10-11H2,1H3/b24-15-. The summed E-state index contributed by atoms with van der Waals surface area (Å²) in [6, 6.07) is 8.72. The molecule has 0 spiro atoms. The third kappa shape index (κ3) is 5.23. The number of nitro groups is 1. The van der Waals surface area contributed by atoms with Crippen LogP contribution in [0.2, 0.25) is 0 Å². The van der Waals surface area contributed by atoms with Gasteiger partial charge in [0.1, 0.15) is 17.3 Å². The van der Waals surface area contributed by atoms with E-state index >= 15 is 0 Å². The molecule has 1 aromatic carbocycles. The molecule has 0 N–H and O–H groups in total. The molecule has 3 aromatic rings. The van der Waals surface area contributed by atoms with Crippen LogP contribution in [-0.4, -0.2) is 71.8 Å². The van der Waals surface area contributed by atoms with E-state index in [2.05, 4.69) is 15.1 Å². The monoisotopic (exact) mass is 497 g/mol. The van der Waals surface area contributed by atoms with Gasteiger partial charge in [-0.2, -0.15) is 28.3 Å². The summed E-state index contributed by atoms with van der Waals surface area (Å²) in [7, 11) is -3.05. The van der Waals surface area contributed by atoms with E-state index in [0.29, 0.717) is 23.2 Å². The topological polar surface area (TPSA) is 146 Å². The largest absolute Gasteiger partial charge is 0.491 e. The number of fused-ring (bicyclic) bond motifs is 1. The average Bonchev–Trinajstić information content (AvgIpc) is 3.52. The first-order valence-corrected chi connectivity index (χ1v) is 12.3. The molecule has 35 heavy (non-hydrogen) atoms. The minimum atomic E-state index is -4.28. The molecule has 0 bridgehead atoms. The molecule has 1 saturated heterocycles. The number of benzene rings is 1. The lowest BCUT2D eigenvalue weighted by Crippen LogP contribution is -2.26. The molecule has 1 aliphatic rings. The van der Waals surface area contributed by atoms with E-state index in [-0.39, 0.29) is 22.9 Å². The fourth-order valence-corrected chi connectivity index (χ4v) is 4.85. The van der Waals surface area contributed by atoms with Crippen molar-refractivity contribution in [2.24, 2.45) is 5.10 Å². The van der Waals surface area contributed by atoms with Crippen molar-refractivity contribution >= 4 is 27.4 Å². The smallest absolute Gasteiger partial charge is 0.282 e. The minimum absolute atomic E-state index is 0.0199. The van der Waals surface area contributed by atoms with Crippen LogP contribution in [0.3, 0.4) is 0 Å². The second kappa shape index (κ2) is 10.1. The molecule has 1 fully saturated rings. The van der Waals surface area contributed by atoms with Crippen LogP contribution < -0.4 is 4.74 Å². The average molecular weight is 498 g/mol. The molecule has 0 amide bonds. The third-order valence-electron chi connectivity index (χ3n) is 5.67. The number of likely N-dealkylation sites (tertiary alicyclic amines) is 1. The van der Waals surface area contributed by atoms with Crippen molar-refractivity contribution in [1.29, 1.82) is 5.26 Å². The zero-order valence-corrected chi connectivity index (χ0v) is 19.8. The number of hydrazone groups is 1. The number of ether oxygens (including phenoxy) is 1. The second-order valence-corrected chi connectivity index (χ2v) is 9.84. The minimum Gasteiger partial charge on any atom is -0.491 e. The zero-order chi connectivity index (χ0) is 25.0. The van der Waals surface area contributed by atoms with E-state index in [9.17, 15) is 18.5 Å². The fourth-order valence-electron chi connectivity index (χ4n) is 3.74. The number of nitriles is 1. The molecule has 13 heteroatoms. The Balaban J connectivity index is 1.60. The van der Waals surface area contributed by atoms with Gasteiger partial charge in [-0.05, 0) is 44.1 Å². The molecule has 3 heterocycles. The summed E-state index contributed by atoms with van der Waals surface area (Å²) in [5, 5.41) is 28.6. The maximum atomic E-state index is 13.3. The summed E-state index contributed by atoms with van der Waals surface area (Å²) in [4.78, 5) is 12.5. The quantitative estimate of drug-likeness (QED) is 0.248. The van der Waals surface area contributed by atoms with Gasteiger partial charge in [0.05, 0.1) is 34.5 Å². The van der Waals surface area contributed by atoms with Gasteiger partial charge in [0.2, 0.25) is 0 Å².